The normalized spacial score (nSPS) is 12.0. The van der Waals surface area contributed by atoms with E-state index in [1.54, 1.807) is 45.2 Å². The Balaban J connectivity index is 2.44. The summed E-state index contributed by atoms with van der Waals surface area (Å²) in [7, 11) is -1.60. The van der Waals surface area contributed by atoms with Crippen LogP contribution in [0.15, 0.2) is 24.3 Å². The van der Waals surface area contributed by atoms with Gasteiger partial charge < -0.3 is 15.4 Å². The maximum absolute atomic E-state index is 11.7. The Labute approximate surface area is 125 Å². The lowest BCUT2D eigenvalue weighted by atomic mass is 10.2. The van der Waals surface area contributed by atoms with Crippen LogP contribution in [0.1, 0.15) is 13.8 Å². The molecule has 0 fully saturated rings. The van der Waals surface area contributed by atoms with E-state index in [2.05, 4.69) is 10.6 Å². The summed E-state index contributed by atoms with van der Waals surface area (Å²) in [5.41, 5.74) is 0.657. The van der Waals surface area contributed by atoms with Crippen molar-refractivity contribution in [1.29, 1.82) is 0 Å². The van der Waals surface area contributed by atoms with Crippen LogP contribution in [0, 0.1) is 0 Å². The highest BCUT2D eigenvalue weighted by Gasteiger charge is 2.29. The van der Waals surface area contributed by atoms with E-state index in [0.29, 0.717) is 11.4 Å². The summed E-state index contributed by atoms with van der Waals surface area (Å²) in [6.07, 6.45) is 1.19. The molecule has 0 aliphatic carbocycles. The first-order chi connectivity index (χ1) is 9.65. The summed E-state index contributed by atoms with van der Waals surface area (Å²) in [6.45, 7) is 3.50. The van der Waals surface area contributed by atoms with Crippen molar-refractivity contribution in [3.63, 3.8) is 0 Å². The Hall–Kier alpha value is -1.60. The zero-order chi connectivity index (χ0) is 16.1. The zero-order valence-electron chi connectivity index (χ0n) is 12.8. The molecule has 0 saturated heterocycles. The van der Waals surface area contributed by atoms with E-state index in [4.69, 9.17) is 4.74 Å². The van der Waals surface area contributed by atoms with Gasteiger partial charge in [0.25, 0.3) is 0 Å². The molecule has 0 radical (unpaired) electrons. The lowest BCUT2D eigenvalue weighted by Crippen LogP contribution is -2.43. The third-order valence-corrected chi connectivity index (χ3v) is 5.37. The average molecular weight is 314 g/mol. The summed E-state index contributed by atoms with van der Waals surface area (Å²) in [6, 6.07) is 6.96. The van der Waals surface area contributed by atoms with Gasteiger partial charge in [0.15, 0.2) is 9.84 Å². The van der Waals surface area contributed by atoms with Gasteiger partial charge in [0.2, 0.25) is 5.91 Å². The van der Waals surface area contributed by atoms with Crippen LogP contribution in [0.25, 0.3) is 0 Å². The molecule has 0 aromatic heterocycles. The van der Waals surface area contributed by atoms with E-state index in [1.165, 1.54) is 6.26 Å². The molecular weight excluding hydrogens is 292 g/mol. The van der Waals surface area contributed by atoms with Gasteiger partial charge in [-0.1, -0.05) is 0 Å². The van der Waals surface area contributed by atoms with Gasteiger partial charge in [-0.3, -0.25) is 4.79 Å². The quantitative estimate of drug-likeness (QED) is 0.786. The van der Waals surface area contributed by atoms with Crippen LogP contribution in [-0.2, 0) is 14.6 Å². The monoisotopic (exact) mass is 314 g/mol. The maximum Gasteiger partial charge on any atom is 0.238 e. The van der Waals surface area contributed by atoms with Crippen LogP contribution in [0.5, 0.6) is 5.75 Å². The lowest BCUT2D eigenvalue weighted by Gasteiger charge is -2.22. The second-order valence-corrected chi connectivity index (χ2v) is 8.06. The smallest absolute Gasteiger partial charge is 0.238 e. The Bertz CT molecular complexity index is 579. The Morgan fingerprint density at radius 3 is 2.29 bits per heavy atom. The number of carbonyl (C=O) groups is 1. The number of amides is 1. The highest BCUT2D eigenvalue weighted by Crippen LogP contribution is 2.15. The standard InChI is InChI=1S/C14H22N2O4S/c1-14(2,21(4,18)19)10-15-9-13(17)16-11-5-7-12(20-3)8-6-11/h5-8,15H,9-10H2,1-4H3,(H,16,17). The number of benzene rings is 1. The van der Waals surface area contributed by atoms with Crippen molar-refractivity contribution in [2.75, 3.05) is 31.8 Å². The fourth-order valence-electron chi connectivity index (χ4n) is 1.49. The van der Waals surface area contributed by atoms with E-state index in [9.17, 15) is 13.2 Å². The minimum Gasteiger partial charge on any atom is -0.497 e. The van der Waals surface area contributed by atoms with Crippen LogP contribution in [0.4, 0.5) is 5.69 Å². The van der Waals surface area contributed by atoms with Crippen molar-refractivity contribution in [2.45, 2.75) is 18.6 Å². The Kier molecular flexibility index (Phi) is 5.74. The minimum absolute atomic E-state index is 0.0466. The summed E-state index contributed by atoms with van der Waals surface area (Å²) in [4.78, 5) is 11.7. The van der Waals surface area contributed by atoms with Crippen molar-refractivity contribution in [2.24, 2.45) is 0 Å². The number of carbonyl (C=O) groups excluding carboxylic acids is 1. The summed E-state index contributed by atoms with van der Waals surface area (Å²) in [5, 5.41) is 5.57. The fraction of sp³-hybridized carbons (Fsp3) is 0.500. The van der Waals surface area contributed by atoms with Crippen LogP contribution < -0.4 is 15.4 Å². The third kappa shape index (κ3) is 5.35. The second kappa shape index (κ2) is 6.91. The molecule has 0 unspecified atom stereocenters. The number of methoxy groups -OCH3 is 1. The molecule has 0 saturated carbocycles. The van der Waals surface area contributed by atoms with Crippen LogP contribution >= 0.6 is 0 Å². The molecule has 1 aromatic rings. The SMILES string of the molecule is COc1ccc(NC(=O)CNCC(C)(C)S(C)(=O)=O)cc1. The first-order valence-electron chi connectivity index (χ1n) is 6.50. The second-order valence-electron chi connectivity index (χ2n) is 5.41. The number of hydrogen-bond acceptors (Lipinski definition) is 5. The molecule has 1 rings (SSSR count). The molecule has 0 aliphatic heterocycles. The molecule has 0 atom stereocenters. The van der Waals surface area contributed by atoms with Crippen molar-refractivity contribution in [3.05, 3.63) is 24.3 Å². The summed E-state index contributed by atoms with van der Waals surface area (Å²) >= 11 is 0. The predicted octanol–water partition coefficient (Wildman–Crippen LogP) is 1.05. The topological polar surface area (TPSA) is 84.5 Å². The van der Waals surface area contributed by atoms with Crippen LogP contribution in [-0.4, -0.2) is 45.5 Å². The fourth-order valence-corrected chi connectivity index (χ4v) is 1.85. The van der Waals surface area contributed by atoms with Crippen LogP contribution in [0.3, 0.4) is 0 Å². The molecule has 0 bridgehead atoms. The number of anilines is 1. The first-order valence-corrected chi connectivity index (χ1v) is 8.39. The van der Waals surface area contributed by atoms with Gasteiger partial charge in [0.05, 0.1) is 18.4 Å². The van der Waals surface area contributed by atoms with Gasteiger partial charge >= 0.3 is 0 Å². The van der Waals surface area contributed by atoms with E-state index < -0.39 is 14.6 Å². The van der Waals surface area contributed by atoms with E-state index >= 15 is 0 Å². The average Bonchev–Trinajstić information content (AvgIpc) is 2.38. The lowest BCUT2D eigenvalue weighted by molar-refractivity contribution is -0.115. The maximum atomic E-state index is 11.7. The number of nitrogens with one attached hydrogen (secondary N) is 2. The molecule has 7 heteroatoms. The molecular formula is C14H22N2O4S. The molecule has 1 amide bonds. The van der Waals surface area contributed by atoms with E-state index in [-0.39, 0.29) is 19.0 Å². The highest BCUT2D eigenvalue weighted by molar-refractivity contribution is 7.92. The van der Waals surface area contributed by atoms with Gasteiger partial charge in [-0.2, -0.15) is 0 Å². The van der Waals surface area contributed by atoms with Crippen molar-refractivity contribution >= 4 is 21.4 Å². The summed E-state index contributed by atoms with van der Waals surface area (Å²) < 4.78 is 27.2. The molecule has 2 N–H and O–H groups in total. The van der Waals surface area contributed by atoms with E-state index in [0.717, 1.165) is 0 Å². The van der Waals surface area contributed by atoms with Crippen LogP contribution in [0.2, 0.25) is 0 Å². The molecule has 0 heterocycles. The number of rotatable bonds is 7. The van der Waals surface area contributed by atoms with Crippen molar-refractivity contribution < 1.29 is 17.9 Å². The third-order valence-electron chi connectivity index (χ3n) is 3.21. The van der Waals surface area contributed by atoms with Gasteiger partial charge in [-0.25, -0.2) is 8.42 Å². The van der Waals surface area contributed by atoms with E-state index in [1.807, 2.05) is 0 Å². The molecule has 1 aromatic carbocycles. The number of hydrogen-bond donors (Lipinski definition) is 2. The zero-order valence-corrected chi connectivity index (χ0v) is 13.6. The molecule has 118 valence electrons. The van der Waals surface area contributed by atoms with Gasteiger partial charge in [0.1, 0.15) is 5.75 Å². The Morgan fingerprint density at radius 2 is 1.81 bits per heavy atom. The molecule has 0 aliphatic rings. The predicted molar refractivity (Wildman–Crippen MR) is 83.4 cm³/mol. The number of ether oxygens (including phenoxy) is 1. The van der Waals surface area contributed by atoms with Gasteiger partial charge in [-0.15, -0.1) is 0 Å². The Morgan fingerprint density at radius 1 is 1.24 bits per heavy atom. The summed E-state index contributed by atoms with van der Waals surface area (Å²) in [5.74, 6) is 0.477. The largest absolute Gasteiger partial charge is 0.497 e. The number of sulfone groups is 1. The van der Waals surface area contributed by atoms with Crippen molar-refractivity contribution in [1.82, 2.24) is 5.32 Å². The highest BCUT2D eigenvalue weighted by atomic mass is 32.2. The first kappa shape index (κ1) is 17.5. The molecule has 21 heavy (non-hydrogen) atoms. The molecule has 6 nitrogen and oxygen atoms in total. The van der Waals surface area contributed by atoms with Gasteiger partial charge in [-0.05, 0) is 38.1 Å². The molecule has 0 spiro atoms. The van der Waals surface area contributed by atoms with Gasteiger partial charge in [0, 0.05) is 18.5 Å². The minimum atomic E-state index is -3.17. The van der Waals surface area contributed by atoms with Crippen molar-refractivity contribution in [3.8, 4) is 5.75 Å².